The molecule has 23 heavy (non-hydrogen) atoms. The first kappa shape index (κ1) is 17.3. The van der Waals surface area contributed by atoms with Gasteiger partial charge in [-0.3, -0.25) is 9.69 Å². The van der Waals surface area contributed by atoms with E-state index in [0.29, 0.717) is 39.3 Å². The Morgan fingerprint density at radius 1 is 1.17 bits per heavy atom. The maximum absolute atomic E-state index is 12.2. The highest BCUT2D eigenvalue weighted by Crippen LogP contribution is 2.11. The number of carbonyl (C=O) groups excluding carboxylic acids is 2. The molecule has 1 N–H and O–H groups in total. The molecule has 1 fully saturated rings. The molecule has 2 amide bonds. The van der Waals surface area contributed by atoms with Crippen LogP contribution in [0.3, 0.4) is 0 Å². The van der Waals surface area contributed by atoms with Gasteiger partial charge >= 0.3 is 6.09 Å². The molecule has 6 heteroatoms. The van der Waals surface area contributed by atoms with Gasteiger partial charge in [0.15, 0.2) is 0 Å². The monoisotopic (exact) mass is 319 g/mol. The molecule has 1 saturated heterocycles. The molecule has 0 bridgehead atoms. The molecular weight excluding hydrogens is 294 g/mol. The number of benzene rings is 1. The molecule has 0 saturated carbocycles. The van der Waals surface area contributed by atoms with Crippen molar-refractivity contribution in [1.29, 1.82) is 0 Å². The summed E-state index contributed by atoms with van der Waals surface area (Å²) in [5.74, 6) is 0.00550. The molecule has 0 aliphatic carbocycles. The molecule has 6 nitrogen and oxygen atoms in total. The summed E-state index contributed by atoms with van der Waals surface area (Å²) in [7, 11) is 0. The minimum atomic E-state index is -0.269. The van der Waals surface area contributed by atoms with Gasteiger partial charge in [0.2, 0.25) is 5.91 Å². The minimum Gasteiger partial charge on any atom is -0.450 e. The first-order chi connectivity index (χ1) is 11.1. The number of amides is 2. The van der Waals surface area contributed by atoms with Gasteiger partial charge in [-0.2, -0.15) is 0 Å². The largest absolute Gasteiger partial charge is 0.450 e. The molecule has 1 aromatic rings. The highest BCUT2D eigenvalue weighted by atomic mass is 16.6. The van der Waals surface area contributed by atoms with Crippen molar-refractivity contribution in [2.75, 3.05) is 39.3 Å². The fourth-order valence-electron chi connectivity index (χ4n) is 2.62. The number of piperazine rings is 1. The van der Waals surface area contributed by atoms with Crippen LogP contribution >= 0.6 is 0 Å². The zero-order valence-corrected chi connectivity index (χ0v) is 13.8. The second-order valence-corrected chi connectivity index (χ2v) is 5.66. The van der Waals surface area contributed by atoms with Crippen LogP contribution in [-0.4, -0.2) is 61.1 Å². The summed E-state index contributed by atoms with van der Waals surface area (Å²) in [5.41, 5.74) is 1.09. The molecule has 2 rings (SSSR count). The second-order valence-electron chi connectivity index (χ2n) is 5.66. The van der Waals surface area contributed by atoms with Crippen molar-refractivity contribution in [3.05, 3.63) is 35.9 Å². The number of carbonyl (C=O) groups is 2. The minimum absolute atomic E-state index is 0.00550. The summed E-state index contributed by atoms with van der Waals surface area (Å²) < 4.78 is 4.99. The molecule has 0 radical (unpaired) electrons. The average Bonchev–Trinajstić information content (AvgIpc) is 2.56. The van der Waals surface area contributed by atoms with Crippen molar-refractivity contribution < 1.29 is 14.3 Å². The lowest BCUT2D eigenvalue weighted by molar-refractivity contribution is -0.123. The van der Waals surface area contributed by atoms with Gasteiger partial charge in [0.05, 0.1) is 19.2 Å². The number of nitrogens with one attached hydrogen (secondary N) is 1. The number of ether oxygens (including phenoxy) is 1. The third-order valence-electron chi connectivity index (χ3n) is 3.94. The Kier molecular flexibility index (Phi) is 6.40. The lowest BCUT2D eigenvalue weighted by atomic mass is 10.1. The Bertz CT molecular complexity index is 513. The topological polar surface area (TPSA) is 61.9 Å². The fraction of sp³-hybridized carbons (Fsp3) is 0.529. The van der Waals surface area contributed by atoms with Crippen LogP contribution in [0.4, 0.5) is 4.79 Å². The van der Waals surface area contributed by atoms with Gasteiger partial charge in [-0.05, 0) is 19.4 Å². The summed E-state index contributed by atoms with van der Waals surface area (Å²) in [6.45, 7) is 7.09. The van der Waals surface area contributed by atoms with Crippen LogP contribution < -0.4 is 5.32 Å². The molecular formula is C17H25N3O3. The lowest BCUT2D eigenvalue weighted by Crippen LogP contribution is -2.51. The van der Waals surface area contributed by atoms with Crippen molar-refractivity contribution in [3.8, 4) is 0 Å². The van der Waals surface area contributed by atoms with E-state index in [1.165, 1.54) is 0 Å². The van der Waals surface area contributed by atoms with Crippen LogP contribution in [0.2, 0.25) is 0 Å². The molecule has 0 aromatic heterocycles. The Hall–Kier alpha value is -2.08. The first-order valence-electron chi connectivity index (χ1n) is 8.08. The molecule has 1 aliphatic rings. The Morgan fingerprint density at radius 2 is 1.83 bits per heavy atom. The lowest BCUT2D eigenvalue weighted by Gasteiger charge is -2.33. The third kappa shape index (κ3) is 5.25. The zero-order valence-electron chi connectivity index (χ0n) is 13.8. The molecule has 1 unspecified atom stereocenters. The second kappa shape index (κ2) is 8.53. The van der Waals surface area contributed by atoms with Crippen LogP contribution in [0.5, 0.6) is 0 Å². The molecule has 1 heterocycles. The smallest absolute Gasteiger partial charge is 0.409 e. The first-order valence-corrected chi connectivity index (χ1v) is 8.08. The van der Waals surface area contributed by atoms with Gasteiger partial charge in [-0.1, -0.05) is 30.3 Å². The van der Waals surface area contributed by atoms with Crippen LogP contribution in [-0.2, 0) is 9.53 Å². The SMILES string of the molecule is CCOC(=O)N1CCN(CC(=O)NC(C)c2ccccc2)CC1. The summed E-state index contributed by atoms with van der Waals surface area (Å²) in [4.78, 5) is 27.5. The number of rotatable bonds is 5. The van der Waals surface area contributed by atoms with E-state index >= 15 is 0 Å². The van der Waals surface area contributed by atoms with E-state index in [1.807, 2.05) is 37.3 Å². The predicted octanol–water partition coefficient (Wildman–Crippen LogP) is 1.64. The predicted molar refractivity (Wildman–Crippen MR) is 88.0 cm³/mol. The summed E-state index contributed by atoms with van der Waals surface area (Å²) >= 11 is 0. The third-order valence-corrected chi connectivity index (χ3v) is 3.94. The zero-order chi connectivity index (χ0) is 16.7. The normalized spacial score (nSPS) is 16.7. The summed E-state index contributed by atoms with van der Waals surface area (Å²) in [6, 6.07) is 9.89. The maximum atomic E-state index is 12.2. The van der Waals surface area contributed by atoms with Gasteiger partial charge in [0.25, 0.3) is 0 Å². The maximum Gasteiger partial charge on any atom is 0.409 e. The number of hydrogen-bond donors (Lipinski definition) is 1. The quantitative estimate of drug-likeness (QED) is 0.896. The van der Waals surface area contributed by atoms with E-state index in [-0.39, 0.29) is 18.0 Å². The van der Waals surface area contributed by atoms with Crippen molar-refractivity contribution in [2.45, 2.75) is 19.9 Å². The van der Waals surface area contributed by atoms with E-state index in [4.69, 9.17) is 4.74 Å². The molecule has 126 valence electrons. The van der Waals surface area contributed by atoms with Crippen molar-refractivity contribution in [2.24, 2.45) is 0 Å². The Morgan fingerprint density at radius 3 is 2.43 bits per heavy atom. The molecule has 0 spiro atoms. The van der Waals surface area contributed by atoms with E-state index in [0.717, 1.165) is 5.56 Å². The summed E-state index contributed by atoms with van der Waals surface area (Å²) in [5, 5.41) is 3.01. The van der Waals surface area contributed by atoms with E-state index < -0.39 is 0 Å². The van der Waals surface area contributed by atoms with Crippen molar-refractivity contribution in [1.82, 2.24) is 15.1 Å². The standard InChI is InChI=1S/C17H25N3O3/c1-3-23-17(22)20-11-9-19(10-12-20)13-16(21)18-14(2)15-7-5-4-6-8-15/h4-8,14H,3,9-13H2,1-2H3,(H,18,21). The Labute approximate surface area is 137 Å². The van der Waals surface area contributed by atoms with Crippen molar-refractivity contribution in [3.63, 3.8) is 0 Å². The summed E-state index contributed by atoms with van der Waals surface area (Å²) in [6.07, 6.45) is -0.269. The van der Waals surface area contributed by atoms with Crippen LogP contribution in [0.1, 0.15) is 25.5 Å². The van der Waals surface area contributed by atoms with E-state index in [1.54, 1.807) is 11.8 Å². The number of hydrogen-bond acceptors (Lipinski definition) is 4. The van der Waals surface area contributed by atoms with Gasteiger partial charge < -0.3 is 15.0 Å². The highest BCUT2D eigenvalue weighted by molar-refractivity contribution is 5.78. The van der Waals surface area contributed by atoms with Crippen LogP contribution in [0, 0.1) is 0 Å². The fourth-order valence-corrected chi connectivity index (χ4v) is 2.62. The molecule has 1 atom stereocenters. The molecule has 1 aromatic carbocycles. The molecule has 1 aliphatic heterocycles. The highest BCUT2D eigenvalue weighted by Gasteiger charge is 2.23. The Balaban J connectivity index is 1.73. The van der Waals surface area contributed by atoms with Crippen molar-refractivity contribution >= 4 is 12.0 Å². The van der Waals surface area contributed by atoms with E-state index in [9.17, 15) is 9.59 Å². The van der Waals surface area contributed by atoms with Gasteiger partial charge in [0.1, 0.15) is 0 Å². The van der Waals surface area contributed by atoms with E-state index in [2.05, 4.69) is 10.2 Å². The number of nitrogens with zero attached hydrogens (tertiary/aromatic N) is 2. The average molecular weight is 319 g/mol. The van der Waals surface area contributed by atoms with Crippen LogP contribution in [0.25, 0.3) is 0 Å². The van der Waals surface area contributed by atoms with Gasteiger partial charge in [-0.15, -0.1) is 0 Å². The van der Waals surface area contributed by atoms with Crippen LogP contribution in [0.15, 0.2) is 30.3 Å². The van der Waals surface area contributed by atoms with Gasteiger partial charge in [0, 0.05) is 26.2 Å². The van der Waals surface area contributed by atoms with Gasteiger partial charge in [-0.25, -0.2) is 4.79 Å².